The lowest BCUT2D eigenvalue weighted by atomic mass is 9.85. The third-order valence-corrected chi connectivity index (χ3v) is 4.97. The largest absolute Gasteiger partial charge is 0.444 e. The van der Waals surface area contributed by atoms with E-state index in [1.54, 1.807) is 0 Å². The molecule has 2 atom stereocenters. The van der Waals surface area contributed by atoms with Crippen molar-refractivity contribution in [3.05, 3.63) is 35.5 Å². The molecule has 1 fully saturated rings. The number of hydrogen-bond donors (Lipinski definition) is 2. The molecule has 3 N–H and O–H groups in total. The summed E-state index contributed by atoms with van der Waals surface area (Å²) in [6, 6.07) is 6.44. The molecule has 1 saturated heterocycles. The quantitative estimate of drug-likeness (QED) is 0.891. The summed E-state index contributed by atoms with van der Waals surface area (Å²) < 4.78 is 5.51. The van der Waals surface area contributed by atoms with Gasteiger partial charge in [0.1, 0.15) is 5.60 Å². The molecule has 136 valence electrons. The van der Waals surface area contributed by atoms with Crippen molar-refractivity contribution in [1.29, 1.82) is 0 Å². The Morgan fingerprint density at radius 2 is 2.20 bits per heavy atom. The maximum Gasteiger partial charge on any atom is 0.410 e. The van der Waals surface area contributed by atoms with Gasteiger partial charge in [-0.15, -0.1) is 0 Å². The van der Waals surface area contributed by atoms with Crippen molar-refractivity contribution in [1.82, 2.24) is 9.88 Å². The molecule has 5 heteroatoms. The number of carbonyl (C=O) groups excluding carboxylic acids is 1. The first-order chi connectivity index (χ1) is 11.8. The van der Waals surface area contributed by atoms with E-state index in [1.807, 2.05) is 25.7 Å². The van der Waals surface area contributed by atoms with Crippen LogP contribution in [0.2, 0.25) is 0 Å². The van der Waals surface area contributed by atoms with Crippen LogP contribution in [-0.2, 0) is 4.74 Å². The SMILES string of the molecule is Cc1ccc2[nH]cc(C(CN)C3CCN(C(=O)OC(C)(C)C)C3)c2c1. The Hall–Kier alpha value is -2.01. The summed E-state index contributed by atoms with van der Waals surface area (Å²) in [4.78, 5) is 17.5. The Kier molecular flexibility index (Phi) is 4.78. The minimum atomic E-state index is -0.462. The number of aryl methyl sites for hydroxylation is 1. The fourth-order valence-electron chi connectivity index (χ4n) is 3.74. The first-order valence-electron chi connectivity index (χ1n) is 9.04. The Morgan fingerprint density at radius 3 is 2.88 bits per heavy atom. The van der Waals surface area contributed by atoms with Gasteiger partial charge in [0.15, 0.2) is 0 Å². The summed E-state index contributed by atoms with van der Waals surface area (Å²) in [5, 5.41) is 1.24. The molecule has 2 aromatic rings. The molecule has 25 heavy (non-hydrogen) atoms. The predicted octanol–water partition coefficient (Wildman–Crippen LogP) is 3.78. The minimum absolute atomic E-state index is 0.222. The lowest BCUT2D eigenvalue weighted by molar-refractivity contribution is 0.0286. The summed E-state index contributed by atoms with van der Waals surface area (Å²) in [7, 11) is 0. The van der Waals surface area contributed by atoms with E-state index in [4.69, 9.17) is 10.5 Å². The highest BCUT2D eigenvalue weighted by molar-refractivity contribution is 5.84. The van der Waals surface area contributed by atoms with Crippen LogP contribution in [0.25, 0.3) is 10.9 Å². The average Bonchev–Trinajstić information content (AvgIpc) is 3.14. The minimum Gasteiger partial charge on any atom is -0.444 e. The summed E-state index contributed by atoms with van der Waals surface area (Å²) in [5.74, 6) is 0.597. The molecule has 2 unspecified atom stereocenters. The van der Waals surface area contributed by atoms with Crippen molar-refractivity contribution in [2.45, 2.75) is 45.6 Å². The second kappa shape index (κ2) is 6.71. The molecule has 0 aliphatic carbocycles. The Morgan fingerprint density at radius 1 is 1.44 bits per heavy atom. The maximum atomic E-state index is 12.3. The highest BCUT2D eigenvalue weighted by Gasteiger charge is 2.34. The number of fused-ring (bicyclic) bond motifs is 1. The number of nitrogens with two attached hydrogens (primary N) is 1. The number of aromatic nitrogens is 1. The third-order valence-electron chi connectivity index (χ3n) is 4.97. The van der Waals surface area contributed by atoms with E-state index in [0.29, 0.717) is 19.0 Å². The highest BCUT2D eigenvalue weighted by Crippen LogP contribution is 2.36. The van der Waals surface area contributed by atoms with Crippen molar-refractivity contribution in [2.75, 3.05) is 19.6 Å². The van der Waals surface area contributed by atoms with Gasteiger partial charge in [0.05, 0.1) is 0 Å². The van der Waals surface area contributed by atoms with Gasteiger partial charge >= 0.3 is 6.09 Å². The smallest absolute Gasteiger partial charge is 0.410 e. The molecule has 1 aromatic heterocycles. The number of benzene rings is 1. The van der Waals surface area contributed by atoms with Crippen molar-refractivity contribution >= 4 is 17.0 Å². The predicted molar refractivity (Wildman–Crippen MR) is 101 cm³/mol. The molecule has 1 aliphatic rings. The summed E-state index contributed by atoms with van der Waals surface area (Å²) >= 11 is 0. The number of nitrogens with one attached hydrogen (secondary N) is 1. The van der Waals surface area contributed by atoms with E-state index in [9.17, 15) is 4.79 Å². The number of carbonyl (C=O) groups is 1. The zero-order valence-corrected chi connectivity index (χ0v) is 15.6. The number of likely N-dealkylation sites (tertiary alicyclic amines) is 1. The molecule has 2 heterocycles. The monoisotopic (exact) mass is 343 g/mol. The number of ether oxygens (including phenoxy) is 1. The molecular weight excluding hydrogens is 314 g/mol. The first kappa shape index (κ1) is 17.8. The lowest BCUT2D eigenvalue weighted by Gasteiger charge is -2.26. The van der Waals surface area contributed by atoms with Crippen LogP contribution < -0.4 is 5.73 Å². The first-order valence-corrected chi connectivity index (χ1v) is 9.04. The number of rotatable bonds is 3. The van der Waals surface area contributed by atoms with Crippen LogP contribution in [-0.4, -0.2) is 41.2 Å². The molecule has 1 aliphatic heterocycles. The fraction of sp³-hybridized carbons (Fsp3) is 0.550. The number of nitrogens with zero attached hydrogens (tertiary/aromatic N) is 1. The number of H-pyrrole nitrogens is 1. The number of amides is 1. The molecule has 0 bridgehead atoms. The third kappa shape index (κ3) is 3.82. The van der Waals surface area contributed by atoms with Crippen molar-refractivity contribution in [2.24, 2.45) is 11.7 Å². The van der Waals surface area contributed by atoms with Crippen LogP contribution in [0.4, 0.5) is 4.79 Å². The zero-order valence-electron chi connectivity index (χ0n) is 15.6. The van der Waals surface area contributed by atoms with E-state index in [2.05, 4.69) is 36.3 Å². The van der Waals surface area contributed by atoms with E-state index < -0.39 is 5.60 Å². The molecular formula is C20H29N3O2. The number of aromatic amines is 1. The summed E-state index contributed by atoms with van der Waals surface area (Å²) in [5.41, 5.74) is 9.33. The van der Waals surface area contributed by atoms with E-state index in [-0.39, 0.29) is 12.0 Å². The molecule has 1 aromatic carbocycles. The van der Waals surface area contributed by atoms with Crippen LogP contribution in [0.3, 0.4) is 0 Å². The molecule has 0 saturated carbocycles. The highest BCUT2D eigenvalue weighted by atomic mass is 16.6. The van der Waals surface area contributed by atoms with Gasteiger partial charge < -0.3 is 20.4 Å². The standard InChI is InChI=1S/C20H29N3O2/c1-13-5-6-18-15(9-13)17(11-22-18)16(10-21)14-7-8-23(12-14)19(24)25-20(2,3)4/h5-6,9,11,14,16,22H,7-8,10,12,21H2,1-4H3. The van der Waals surface area contributed by atoms with Crippen LogP contribution in [0.1, 0.15) is 44.2 Å². The van der Waals surface area contributed by atoms with Crippen LogP contribution in [0.15, 0.2) is 24.4 Å². The average molecular weight is 343 g/mol. The molecule has 0 radical (unpaired) electrons. The van der Waals surface area contributed by atoms with Gasteiger partial charge in [-0.3, -0.25) is 0 Å². The number of hydrogen-bond acceptors (Lipinski definition) is 3. The maximum absolute atomic E-state index is 12.3. The van der Waals surface area contributed by atoms with Crippen molar-refractivity contribution in [3.63, 3.8) is 0 Å². The van der Waals surface area contributed by atoms with Crippen LogP contribution >= 0.6 is 0 Å². The van der Waals surface area contributed by atoms with Crippen LogP contribution in [0.5, 0.6) is 0 Å². The van der Waals surface area contributed by atoms with Crippen molar-refractivity contribution < 1.29 is 9.53 Å². The normalized spacial score (nSPS) is 19.4. The van der Waals surface area contributed by atoms with Crippen molar-refractivity contribution in [3.8, 4) is 0 Å². The van der Waals surface area contributed by atoms with Gasteiger partial charge in [-0.05, 0) is 64.3 Å². The Bertz CT molecular complexity index is 760. The van der Waals surface area contributed by atoms with Gasteiger partial charge in [-0.25, -0.2) is 4.79 Å². The molecule has 3 rings (SSSR count). The molecule has 1 amide bonds. The van der Waals surface area contributed by atoms with Gasteiger partial charge in [-0.1, -0.05) is 11.6 Å². The van der Waals surface area contributed by atoms with E-state index >= 15 is 0 Å². The summed E-state index contributed by atoms with van der Waals surface area (Å²) in [6.45, 7) is 9.81. The lowest BCUT2D eigenvalue weighted by Crippen LogP contribution is -2.36. The van der Waals surface area contributed by atoms with Gasteiger partial charge in [-0.2, -0.15) is 0 Å². The van der Waals surface area contributed by atoms with Gasteiger partial charge in [0.25, 0.3) is 0 Å². The fourth-order valence-corrected chi connectivity index (χ4v) is 3.74. The zero-order chi connectivity index (χ0) is 18.2. The van der Waals surface area contributed by atoms with Crippen LogP contribution in [0, 0.1) is 12.8 Å². The van der Waals surface area contributed by atoms with E-state index in [0.717, 1.165) is 18.5 Å². The second-order valence-electron chi connectivity index (χ2n) is 8.11. The van der Waals surface area contributed by atoms with E-state index in [1.165, 1.54) is 16.5 Å². The van der Waals surface area contributed by atoms with Gasteiger partial charge in [0, 0.05) is 36.1 Å². The molecule has 0 spiro atoms. The topological polar surface area (TPSA) is 71.4 Å². The Labute approximate surface area is 149 Å². The van der Waals surface area contributed by atoms with Gasteiger partial charge in [0.2, 0.25) is 0 Å². The second-order valence-corrected chi connectivity index (χ2v) is 8.11. The molecule has 5 nitrogen and oxygen atoms in total. The summed E-state index contributed by atoms with van der Waals surface area (Å²) in [6.07, 6.45) is 2.82. The Balaban J connectivity index is 1.78.